The molecular formula is C13H18N2O. The molecule has 86 valence electrons. The van der Waals surface area contributed by atoms with Crippen LogP contribution in [0.5, 0.6) is 0 Å². The van der Waals surface area contributed by atoms with Gasteiger partial charge >= 0.3 is 0 Å². The van der Waals surface area contributed by atoms with Crippen LogP contribution in [0.2, 0.25) is 0 Å². The lowest BCUT2D eigenvalue weighted by atomic mass is 10.1. The maximum absolute atomic E-state index is 11.9. The summed E-state index contributed by atoms with van der Waals surface area (Å²) < 4.78 is 0. The van der Waals surface area contributed by atoms with E-state index in [1.54, 1.807) is 0 Å². The van der Waals surface area contributed by atoms with Crippen LogP contribution in [0.3, 0.4) is 0 Å². The molecule has 1 aromatic rings. The van der Waals surface area contributed by atoms with E-state index in [1.165, 1.54) is 0 Å². The van der Waals surface area contributed by atoms with Crippen LogP contribution in [0.15, 0.2) is 30.3 Å². The van der Waals surface area contributed by atoms with Crippen LogP contribution < -0.4 is 10.6 Å². The van der Waals surface area contributed by atoms with Gasteiger partial charge in [0.15, 0.2) is 0 Å². The van der Waals surface area contributed by atoms with Crippen LogP contribution >= 0.6 is 0 Å². The molecule has 1 aliphatic heterocycles. The van der Waals surface area contributed by atoms with E-state index in [1.807, 2.05) is 37.3 Å². The van der Waals surface area contributed by atoms with Gasteiger partial charge in [0.25, 0.3) is 0 Å². The summed E-state index contributed by atoms with van der Waals surface area (Å²) in [6, 6.07) is 10.1. The van der Waals surface area contributed by atoms with E-state index in [9.17, 15) is 4.79 Å². The fourth-order valence-electron chi connectivity index (χ4n) is 2.03. The molecule has 0 bridgehead atoms. The summed E-state index contributed by atoms with van der Waals surface area (Å²) in [5.74, 6) is 0.313. The molecule has 0 radical (unpaired) electrons. The Balaban J connectivity index is 1.92. The summed E-state index contributed by atoms with van der Waals surface area (Å²) in [6.07, 6.45) is 0.952. The summed E-state index contributed by atoms with van der Waals surface area (Å²) in [7, 11) is 0. The normalized spacial score (nSPS) is 21.7. The van der Waals surface area contributed by atoms with Gasteiger partial charge in [-0.05, 0) is 25.5 Å². The Morgan fingerprint density at radius 1 is 1.44 bits per heavy atom. The summed E-state index contributed by atoms with van der Waals surface area (Å²) in [5, 5.41) is 6.26. The predicted octanol–water partition coefficient (Wildman–Crippen LogP) is 1.47. The van der Waals surface area contributed by atoms with Crippen molar-refractivity contribution in [2.75, 3.05) is 13.1 Å². The second-order valence-corrected chi connectivity index (χ2v) is 4.33. The van der Waals surface area contributed by atoms with Crippen molar-refractivity contribution < 1.29 is 4.79 Å². The number of carbonyl (C=O) groups is 1. The number of amides is 1. The monoisotopic (exact) mass is 218 g/mol. The van der Waals surface area contributed by atoms with Gasteiger partial charge in [-0.25, -0.2) is 0 Å². The van der Waals surface area contributed by atoms with Gasteiger partial charge in [-0.3, -0.25) is 4.79 Å². The first-order chi connectivity index (χ1) is 7.77. The molecule has 2 unspecified atom stereocenters. The summed E-state index contributed by atoms with van der Waals surface area (Å²) in [6.45, 7) is 3.79. The third-order valence-electron chi connectivity index (χ3n) is 3.09. The molecule has 2 atom stereocenters. The van der Waals surface area contributed by atoms with Crippen molar-refractivity contribution in [3.8, 4) is 0 Å². The van der Waals surface area contributed by atoms with E-state index in [0.29, 0.717) is 0 Å². The number of hydrogen-bond acceptors (Lipinski definition) is 2. The molecule has 1 fully saturated rings. The minimum Gasteiger partial charge on any atom is -0.349 e. The van der Waals surface area contributed by atoms with Crippen molar-refractivity contribution in [2.45, 2.75) is 19.4 Å². The van der Waals surface area contributed by atoms with E-state index in [-0.39, 0.29) is 17.9 Å². The van der Waals surface area contributed by atoms with Gasteiger partial charge in [-0.1, -0.05) is 30.3 Å². The molecule has 0 saturated carbocycles. The molecule has 2 N–H and O–H groups in total. The van der Waals surface area contributed by atoms with Crippen molar-refractivity contribution in [2.24, 2.45) is 5.92 Å². The largest absolute Gasteiger partial charge is 0.349 e. The lowest BCUT2D eigenvalue weighted by Gasteiger charge is -2.16. The molecule has 16 heavy (non-hydrogen) atoms. The fraction of sp³-hybridized carbons (Fsp3) is 0.462. The summed E-state index contributed by atoms with van der Waals surface area (Å²) in [4.78, 5) is 11.9. The van der Waals surface area contributed by atoms with E-state index in [2.05, 4.69) is 10.6 Å². The Bertz CT molecular complexity index is 344. The van der Waals surface area contributed by atoms with E-state index in [0.717, 1.165) is 25.1 Å². The first-order valence-electron chi connectivity index (χ1n) is 5.83. The smallest absolute Gasteiger partial charge is 0.224 e. The van der Waals surface area contributed by atoms with Gasteiger partial charge in [-0.2, -0.15) is 0 Å². The average Bonchev–Trinajstić information content (AvgIpc) is 2.83. The molecule has 0 aromatic heterocycles. The zero-order valence-electron chi connectivity index (χ0n) is 9.57. The summed E-state index contributed by atoms with van der Waals surface area (Å²) >= 11 is 0. The highest BCUT2D eigenvalue weighted by atomic mass is 16.2. The Hall–Kier alpha value is -1.35. The van der Waals surface area contributed by atoms with Crippen molar-refractivity contribution in [3.63, 3.8) is 0 Å². The zero-order chi connectivity index (χ0) is 11.4. The van der Waals surface area contributed by atoms with Gasteiger partial charge in [0.2, 0.25) is 5.91 Å². The van der Waals surface area contributed by atoms with Gasteiger partial charge in [-0.15, -0.1) is 0 Å². The van der Waals surface area contributed by atoms with Crippen LogP contribution in [0.4, 0.5) is 0 Å². The molecule has 2 rings (SSSR count). The molecule has 3 nitrogen and oxygen atoms in total. The standard InChI is InChI=1S/C13H18N2O/c1-10(11-5-3-2-4-6-11)15-13(16)12-7-8-14-9-12/h2-6,10,12,14H,7-9H2,1H3,(H,15,16). The van der Waals surface area contributed by atoms with Gasteiger partial charge in [0.05, 0.1) is 12.0 Å². The molecule has 1 aromatic carbocycles. The average molecular weight is 218 g/mol. The highest BCUT2D eigenvalue weighted by Gasteiger charge is 2.23. The maximum atomic E-state index is 11.9. The number of nitrogens with one attached hydrogen (secondary N) is 2. The Kier molecular flexibility index (Phi) is 3.57. The SMILES string of the molecule is CC(NC(=O)C1CCNC1)c1ccccc1. The first kappa shape index (κ1) is 11.1. The highest BCUT2D eigenvalue weighted by molar-refractivity contribution is 5.79. The van der Waals surface area contributed by atoms with Crippen LogP contribution in [-0.2, 0) is 4.79 Å². The second-order valence-electron chi connectivity index (χ2n) is 4.33. The Morgan fingerprint density at radius 3 is 2.81 bits per heavy atom. The third-order valence-corrected chi connectivity index (χ3v) is 3.09. The number of hydrogen-bond donors (Lipinski definition) is 2. The molecule has 1 aliphatic rings. The lowest BCUT2D eigenvalue weighted by Crippen LogP contribution is -2.33. The number of rotatable bonds is 3. The number of benzene rings is 1. The van der Waals surface area contributed by atoms with E-state index >= 15 is 0 Å². The number of carbonyl (C=O) groups excluding carboxylic acids is 1. The van der Waals surface area contributed by atoms with Crippen molar-refractivity contribution in [1.29, 1.82) is 0 Å². The van der Waals surface area contributed by atoms with Gasteiger partial charge in [0.1, 0.15) is 0 Å². The third kappa shape index (κ3) is 2.61. The van der Waals surface area contributed by atoms with Gasteiger partial charge in [0, 0.05) is 6.54 Å². The minimum atomic E-state index is 0.0919. The zero-order valence-corrected chi connectivity index (χ0v) is 9.57. The van der Waals surface area contributed by atoms with Crippen molar-refractivity contribution in [1.82, 2.24) is 10.6 Å². The molecular weight excluding hydrogens is 200 g/mol. The summed E-state index contributed by atoms with van der Waals surface area (Å²) in [5.41, 5.74) is 1.15. The Labute approximate surface area is 96.2 Å². The van der Waals surface area contributed by atoms with Crippen LogP contribution in [-0.4, -0.2) is 19.0 Å². The molecule has 1 saturated heterocycles. The van der Waals surface area contributed by atoms with Gasteiger partial charge < -0.3 is 10.6 Å². The highest BCUT2D eigenvalue weighted by Crippen LogP contribution is 2.14. The second kappa shape index (κ2) is 5.12. The van der Waals surface area contributed by atoms with Crippen LogP contribution in [0, 0.1) is 5.92 Å². The minimum absolute atomic E-state index is 0.0919. The van der Waals surface area contributed by atoms with Crippen molar-refractivity contribution >= 4 is 5.91 Å². The van der Waals surface area contributed by atoms with Crippen molar-refractivity contribution in [3.05, 3.63) is 35.9 Å². The molecule has 0 aliphatic carbocycles. The van der Waals surface area contributed by atoms with E-state index in [4.69, 9.17) is 0 Å². The Morgan fingerprint density at radius 2 is 2.19 bits per heavy atom. The lowest BCUT2D eigenvalue weighted by molar-refractivity contribution is -0.125. The topological polar surface area (TPSA) is 41.1 Å². The maximum Gasteiger partial charge on any atom is 0.224 e. The quantitative estimate of drug-likeness (QED) is 0.806. The molecule has 1 amide bonds. The van der Waals surface area contributed by atoms with Crippen LogP contribution in [0.1, 0.15) is 24.9 Å². The van der Waals surface area contributed by atoms with E-state index < -0.39 is 0 Å². The molecule has 3 heteroatoms. The predicted molar refractivity (Wildman–Crippen MR) is 64.0 cm³/mol. The van der Waals surface area contributed by atoms with Crippen LogP contribution in [0.25, 0.3) is 0 Å². The molecule has 0 spiro atoms. The molecule has 1 heterocycles. The fourth-order valence-corrected chi connectivity index (χ4v) is 2.03. The first-order valence-corrected chi connectivity index (χ1v) is 5.83.